The van der Waals surface area contributed by atoms with Gasteiger partial charge in [0.1, 0.15) is 11.0 Å². The third-order valence-corrected chi connectivity index (χ3v) is 2.24. The number of halogens is 1. The zero-order valence-electron chi connectivity index (χ0n) is 10.4. The molecule has 100 valence electrons. The van der Waals surface area contributed by atoms with Gasteiger partial charge in [-0.15, -0.1) is 0 Å². The molecule has 0 atom stereocenters. The zero-order chi connectivity index (χ0) is 13.5. The number of aromatic nitrogens is 1. The standard InChI is InChI=1S/C11H17ClN4O2/c1-7(2)18-4-3-14-11(17)8-5-9(12)15-10(6-8)16-13/h5-7H,3-4,13H2,1-2H3,(H,14,17)(H,15,16). The van der Waals surface area contributed by atoms with Gasteiger partial charge in [-0.2, -0.15) is 0 Å². The summed E-state index contributed by atoms with van der Waals surface area (Å²) in [6.45, 7) is 4.76. The number of carbonyl (C=O) groups excluding carboxylic acids is 1. The Balaban J connectivity index is 2.53. The maximum Gasteiger partial charge on any atom is 0.251 e. The van der Waals surface area contributed by atoms with Crippen LogP contribution in [-0.2, 0) is 4.74 Å². The number of hydrogen-bond acceptors (Lipinski definition) is 5. The maximum absolute atomic E-state index is 11.8. The highest BCUT2D eigenvalue weighted by atomic mass is 35.5. The van der Waals surface area contributed by atoms with Gasteiger partial charge in [0.25, 0.3) is 5.91 Å². The van der Waals surface area contributed by atoms with Gasteiger partial charge in [0.2, 0.25) is 0 Å². The minimum atomic E-state index is -0.247. The highest BCUT2D eigenvalue weighted by molar-refractivity contribution is 6.29. The van der Waals surface area contributed by atoms with E-state index in [1.54, 1.807) is 0 Å². The third kappa shape index (κ3) is 4.87. The molecule has 0 aromatic carbocycles. The topological polar surface area (TPSA) is 89.3 Å². The number of carbonyl (C=O) groups is 1. The SMILES string of the molecule is CC(C)OCCNC(=O)c1cc(Cl)nc(NN)c1. The Labute approximate surface area is 111 Å². The summed E-state index contributed by atoms with van der Waals surface area (Å²) in [5.41, 5.74) is 2.74. The number of hydrazine groups is 1. The van der Waals surface area contributed by atoms with Crippen LogP contribution in [0.3, 0.4) is 0 Å². The van der Waals surface area contributed by atoms with E-state index in [-0.39, 0.29) is 17.2 Å². The van der Waals surface area contributed by atoms with E-state index in [0.29, 0.717) is 24.5 Å². The lowest BCUT2D eigenvalue weighted by atomic mass is 10.2. The zero-order valence-corrected chi connectivity index (χ0v) is 11.1. The fraction of sp³-hybridized carbons (Fsp3) is 0.455. The third-order valence-electron chi connectivity index (χ3n) is 2.04. The predicted molar refractivity (Wildman–Crippen MR) is 70.5 cm³/mol. The van der Waals surface area contributed by atoms with E-state index in [0.717, 1.165) is 0 Å². The maximum atomic E-state index is 11.8. The molecule has 0 fully saturated rings. The van der Waals surface area contributed by atoms with Crippen LogP contribution >= 0.6 is 11.6 Å². The summed E-state index contributed by atoms with van der Waals surface area (Å²) in [5.74, 6) is 5.31. The second-order valence-corrected chi connectivity index (χ2v) is 4.27. The van der Waals surface area contributed by atoms with Gasteiger partial charge in [-0.3, -0.25) is 4.79 Å². The predicted octanol–water partition coefficient (Wildman–Crippen LogP) is 1.18. The first-order valence-electron chi connectivity index (χ1n) is 5.57. The Bertz CT molecular complexity index is 412. The average Bonchev–Trinajstić information content (AvgIpc) is 2.33. The molecule has 0 bridgehead atoms. The van der Waals surface area contributed by atoms with Crippen molar-refractivity contribution in [1.29, 1.82) is 0 Å². The molecular formula is C11H17ClN4O2. The lowest BCUT2D eigenvalue weighted by Gasteiger charge is -2.09. The molecule has 0 saturated heterocycles. The first kappa shape index (κ1) is 14.7. The first-order chi connectivity index (χ1) is 8.52. The van der Waals surface area contributed by atoms with Gasteiger partial charge < -0.3 is 15.5 Å². The summed E-state index contributed by atoms with van der Waals surface area (Å²) < 4.78 is 5.31. The Morgan fingerprint density at radius 2 is 2.28 bits per heavy atom. The Hall–Kier alpha value is -1.37. The van der Waals surface area contributed by atoms with Crippen molar-refractivity contribution in [3.8, 4) is 0 Å². The fourth-order valence-electron chi connectivity index (χ4n) is 1.26. The van der Waals surface area contributed by atoms with Gasteiger partial charge in [0.05, 0.1) is 12.7 Å². The number of anilines is 1. The lowest BCUT2D eigenvalue weighted by Crippen LogP contribution is -2.28. The number of rotatable bonds is 6. The largest absolute Gasteiger partial charge is 0.377 e. The molecule has 4 N–H and O–H groups in total. The van der Waals surface area contributed by atoms with Crippen LogP contribution in [0.4, 0.5) is 5.82 Å². The van der Waals surface area contributed by atoms with E-state index in [1.165, 1.54) is 12.1 Å². The quantitative estimate of drug-likeness (QED) is 0.313. The van der Waals surface area contributed by atoms with Crippen molar-refractivity contribution in [3.05, 3.63) is 22.8 Å². The number of hydrogen-bond donors (Lipinski definition) is 3. The number of nitrogen functional groups attached to an aromatic ring is 1. The molecule has 0 aliphatic carbocycles. The van der Waals surface area contributed by atoms with E-state index >= 15 is 0 Å². The molecule has 18 heavy (non-hydrogen) atoms. The van der Waals surface area contributed by atoms with Gasteiger partial charge in [0, 0.05) is 12.1 Å². The normalized spacial score (nSPS) is 10.5. The van der Waals surface area contributed by atoms with Crippen molar-refractivity contribution in [2.24, 2.45) is 5.84 Å². The lowest BCUT2D eigenvalue weighted by molar-refractivity contribution is 0.0746. The van der Waals surface area contributed by atoms with Gasteiger partial charge in [-0.1, -0.05) is 11.6 Å². The molecule has 0 unspecified atom stereocenters. The van der Waals surface area contributed by atoms with Crippen molar-refractivity contribution in [1.82, 2.24) is 10.3 Å². The molecule has 0 aliphatic heterocycles. The fourth-order valence-corrected chi connectivity index (χ4v) is 1.47. The molecule has 1 aromatic heterocycles. The van der Waals surface area contributed by atoms with E-state index in [9.17, 15) is 4.79 Å². The molecule has 7 heteroatoms. The number of amides is 1. The number of nitrogens with two attached hydrogens (primary N) is 1. The minimum Gasteiger partial charge on any atom is -0.377 e. The van der Waals surface area contributed by atoms with Crippen LogP contribution < -0.4 is 16.6 Å². The first-order valence-corrected chi connectivity index (χ1v) is 5.94. The highest BCUT2D eigenvalue weighted by Gasteiger charge is 2.08. The van der Waals surface area contributed by atoms with Gasteiger partial charge >= 0.3 is 0 Å². The van der Waals surface area contributed by atoms with Crippen LogP contribution in [0.5, 0.6) is 0 Å². The van der Waals surface area contributed by atoms with E-state index in [4.69, 9.17) is 22.2 Å². The van der Waals surface area contributed by atoms with Crippen LogP contribution in [0, 0.1) is 0 Å². The summed E-state index contributed by atoms with van der Waals surface area (Å²) in [4.78, 5) is 15.7. The van der Waals surface area contributed by atoms with E-state index in [1.807, 2.05) is 13.8 Å². The summed E-state index contributed by atoms with van der Waals surface area (Å²) in [6.07, 6.45) is 0.144. The molecule has 0 spiro atoms. The van der Waals surface area contributed by atoms with Crippen molar-refractivity contribution in [2.75, 3.05) is 18.6 Å². The molecular weight excluding hydrogens is 256 g/mol. The minimum absolute atomic E-state index is 0.144. The van der Waals surface area contributed by atoms with Crippen molar-refractivity contribution in [3.63, 3.8) is 0 Å². The van der Waals surface area contributed by atoms with E-state index in [2.05, 4.69) is 15.7 Å². The molecule has 0 aliphatic rings. The Morgan fingerprint density at radius 3 is 2.89 bits per heavy atom. The summed E-state index contributed by atoms with van der Waals surface area (Å²) in [5, 5.41) is 2.92. The summed E-state index contributed by atoms with van der Waals surface area (Å²) in [7, 11) is 0. The summed E-state index contributed by atoms with van der Waals surface area (Å²) in [6, 6.07) is 2.99. The average molecular weight is 273 g/mol. The Kier molecular flexibility index (Phi) is 5.84. The molecule has 0 saturated carbocycles. The Morgan fingerprint density at radius 1 is 1.56 bits per heavy atom. The van der Waals surface area contributed by atoms with Crippen LogP contribution in [-0.4, -0.2) is 30.1 Å². The second-order valence-electron chi connectivity index (χ2n) is 3.88. The molecule has 0 radical (unpaired) electrons. The van der Waals surface area contributed by atoms with Gasteiger partial charge in [0.15, 0.2) is 0 Å². The van der Waals surface area contributed by atoms with Crippen LogP contribution in [0.1, 0.15) is 24.2 Å². The molecule has 1 heterocycles. The van der Waals surface area contributed by atoms with Crippen LogP contribution in [0.2, 0.25) is 5.15 Å². The van der Waals surface area contributed by atoms with Crippen molar-refractivity contribution < 1.29 is 9.53 Å². The number of pyridine rings is 1. The number of nitrogens with zero attached hydrogens (tertiary/aromatic N) is 1. The van der Waals surface area contributed by atoms with Crippen LogP contribution in [0.15, 0.2) is 12.1 Å². The smallest absolute Gasteiger partial charge is 0.251 e. The number of nitrogens with one attached hydrogen (secondary N) is 2. The molecule has 6 nitrogen and oxygen atoms in total. The molecule has 1 aromatic rings. The molecule has 1 amide bonds. The number of ether oxygens (including phenoxy) is 1. The monoisotopic (exact) mass is 272 g/mol. The van der Waals surface area contributed by atoms with Crippen LogP contribution in [0.25, 0.3) is 0 Å². The van der Waals surface area contributed by atoms with Gasteiger partial charge in [-0.05, 0) is 26.0 Å². The van der Waals surface area contributed by atoms with Crippen molar-refractivity contribution >= 4 is 23.3 Å². The molecule has 1 rings (SSSR count). The van der Waals surface area contributed by atoms with E-state index < -0.39 is 0 Å². The summed E-state index contributed by atoms with van der Waals surface area (Å²) >= 11 is 5.76. The highest BCUT2D eigenvalue weighted by Crippen LogP contribution is 2.13. The second kappa shape index (κ2) is 7.15. The van der Waals surface area contributed by atoms with Crippen molar-refractivity contribution in [2.45, 2.75) is 20.0 Å². The van der Waals surface area contributed by atoms with Gasteiger partial charge in [-0.25, -0.2) is 10.8 Å².